The molecule has 164 valence electrons. The van der Waals surface area contributed by atoms with E-state index in [2.05, 4.69) is 14.8 Å². The number of carbonyl (C=O) groups excluding carboxylic acids is 1. The zero-order valence-electron chi connectivity index (χ0n) is 16.1. The van der Waals surface area contributed by atoms with Gasteiger partial charge in [0.15, 0.2) is 0 Å². The molecule has 0 atom stereocenters. The molecule has 2 rings (SSSR count). The molecule has 1 heterocycles. The Labute approximate surface area is 169 Å². The summed E-state index contributed by atoms with van der Waals surface area (Å²) >= 11 is 0. The first kappa shape index (κ1) is 23.2. The van der Waals surface area contributed by atoms with Crippen molar-refractivity contribution in [2.75, 3.05) is 27.5 Å². The number of hydrogen-bond acceptors (Lipinski definition) is 9. The van der Waals surface area contributed by atoms with Gasteiger partial charge in [0.05, 0.1) is 32.1 Å². The van der Waals surface area contributed by atoms with E-state index in [4.69, 9.17) is 14.2 Å². The van der Waals surface area contributed by atoms with Gasteiger partial charge in [-0.15, -0.1) is 0 Å². The number of halogens is 3. The van der Waals surface area contributed by atoms with Crippen molar-refractivity contribution in [1.82, 2.24) is 14.4 Å². The highest BCUT2D eigenvalue weighted by Gasteiger charge is 2.38. The van der Waals surface area contributed by atoms with Crippen LogP contribution >= 0.6 is 0 Å². The molecule has 0 spiro atoms. The second-order valence-corrected chi connectivity index (χ2v) is 7.55. The van der Waals surface area contributed by atoms with E-state index in [0.29, 0.717) is 12.3 Å². The fraction of sp³-hybridized carbons (Fsp3) is 0.312. The standard InChI is InChI=1S/C16H16F3N3O7S/c1-22(30(4,24)25)29-14(23)13-9(16(17,18)19)6-5-7-10(13)28-15-20-11(26-2)8-12(21-15)27-3/h5-8H,1-4H3. The molecule has 0 saturated heterocycles. The maximum atomic E-state index is 13.5. The van der Waals surface area contributed by atoms with Crippen LogP contribution < -0.4 is 14.2 Å². The molecule has 14 heteroatoms. The normalized spacial score (nSPS) is 11.9. The summed E-state index contributed by atoms with van der Waals surface area (Å²) in [5, 5.41) is 0. The van der Waals surface area contributed by atoms with Crippen molar-refractivity contribution in [3.8, 4) is 23.5 Å². The van der Waals surface area contributed by atoms with E-state index in [1.165, 1.54) is 20.3 Å². The lowest BCUT2D eigenvalue weighted by Crippen LogP contribution is -2.30. The SMILES string of the molecule is COc1cc(OC)nc(Oc2cccc(C(F)(F)F)c2C(=O)ON(C)S(C)(=O)=O)n1. The number of nitrogens with zero attached hydrogens (tertiary/aromatic N) is 3. The number of methoxy groups -OCH3 is 2. The van der Waals surface area contributed by atoms with Gasteiger partial charge < -0.3 is 19.0 Å². The van der Waals surface area contributed by atoms with Gasteiger partial charge in [0.25, 0.3) is 0 Å². The number of benzene rings is 1. The van der Waals surface area contributed by atoms with Crippen molar-refractivity contribution >= 4 is 16.0 Å². The molecule has 0 unspecified atom stereocenters. The molecule has 0 radical (unpaired) electrons. The maximum absolute atomic E-state index is 13.5. The Bertz CT molecular complexity index is 1020. The number of aromatic nitrogens is 2. The van der Waals surface area contributed by atoms with Gasteiger partial charge in [0, 0.05) is 7.05 Å². The van der Waals surface area contributed by atoms with Crippen molar-refractivity contribution < 1.29 is 45.4 Å². The van der Waals surface area contributed by atoms with Gasteiger partial charge in [0.2, 0.25) is 21.8 Å². The zero-order valence-corrected chi connectivity index (χ0v) is 16.9. The minimum atomic E-state index is -4.98. The molecule has 30 heavy (non-hydrogen) atoms. The molecule has 0 aliphatic rings. The number of rotatable bonds is 7. The van der Waals surface area contributed by atoms with E-state index >= 15 is 0 Å². The van der Waals surface area contributed by atoms with Crippen molar-refractivity contribution in [3.05, 3.63) is 35.4 Å². The monoisotopic (exact) mass is 451 g/mol. The molecule has 0 amide bonds. The molecule has 0 bridgehead atoms. The Hall–Kier alpha value is -3.13. The summed E-state index contributed by atoms with van der Waals surface area (Å²) in [7, 11) is -0.631. The predicted octanol–water partition coefficient (Wildman–Crippen LogP) is 2.27. The summed E-state index contributed by atoms with van der Waals surface area (Å²) < 4.78 is 78.5. The molecular formula is C16H16F3N3O7S. The second kappa shape index (κ2) is 8.71. The Balaban J connectivity index is 2.57. The lowest BCUT2D eigenvalue weighted by Gasteiger charge is -2.18. The van der Waals surface area contributed by atoms with Gasteiger partial charge in [-0.3, -0.25) is 0 Å². The molecule has 0 N–H and O–H groups in total. The largest absolute Gasteiger partial charge is 0.481 e. The lowest BCUT2D eigenvalue weighted by molar-refractivity contribution is -0.138. The molecule has 2 aromatic rings. The summed E-state index contributed by atoms with van der Waals surface area (Å²) in [5.74, 6) is -2.30. The molecule has 0 saturated carbocycles. The summed E-state index contributed by atoms with van der Waals surface area (Å²) in [5.41, 5.74) is -2.49. The van der Waals surface area contributed by atoms with Gasteiger partial charge in [0.1, 0.15) is 11.3 Å². The minimum Gasteiger partial charge on any atom is -0.481 e. The first-order valence-corrected chi connectivity index (χ1v) is 9.73. The number of hydrogen-bond donors (Lipinski definition) is 0. The van der Waals surface area contributed by atoms with Gasteiger partial charge in [-0.2, -0.15) is 23.1 Å². The van der Waals surface area contributed by atoms with Crippen molar-refractivity contribution in [2.45, 2.75) is 6.18 Å². The first-order valence-electron chi connectivity index (χ1n) is 7.88. The highest BCUT2D eigenvalue weighted by molar-refractivity contribution is 7.88. The van der Waals surface area contributed by atoms with Crippen LogP contribution in [0.5, 0.6) is 23.5 Å². The van der Waals surface area contributed by atoms with Crippen LogP contribution in [0.1, 0.15) is 15.9 Å². The topological polar surface area (TPSA) is 117 Å². The van der Waals surface area contributed by atoms with Crippen LogP contribution in [0.4, 0.5) is 13.2 Å². The average molecular weight is 451 g/mol. The van der Waals surface area contributed by atoms with Crippen LogP contribution in [0, 0.1) is 0 Å². The van der Waals surface area contributed by atoms with E-state index in [0.717, 1.165) is 19.2 Å². The summed E-state index contributed by atoms with van der Waals surface area (Å²) in [4.78, 5) is 24.6. The molecule has 0 aliphatic carbocycles. The molecule has 0 aliphatic heterocycles. The van der Waals surface area contributed by atoms with Gasteiger partial charge in [-0.05, 0) is 16.6 Å². The molecule has 10 nitrogen and oxygen atoms in total. The summed E-state index contributed by atoms with van der Waals surface area (Å²) in [6.45, 7) is 0. The number of sulfonamides is 1. The Kier molecular flexibility index (Phi) is 6.72. The van der Waals surface area contributed by atoms with Crippen LogP contribution in [-0.2, 0) is 21.0 Å². The van der Waals surface area contributed by atoms with Crippen LogP contribution in [0.2, 0.25) is 0 Å². The van der Waals surface area contributed by atoms with Crippen LogP contribution in [0.3, 0.4) is 0 Å². The smallest absolute Gasteiger partial charge is 0.417 e. The van der Waals surface area contributed by atoms with Gasteiger partial charge >= 0.3 is 18.2 Å². The van der Waals surface area contributed by atoms with E-state index in [1.54, 1.807) is 0 Å². The van der Waals surface area contributed by atoms with Crippen LogP contribution in [0.15, 0.2) is 24.3 Å². The predicted molar refractivity (Wildman–Crippen MR) is 94.7 cm³/mol. The van der Waals surface area contributed by atoms with E-state index < -0.39 is 45.1 Å². The Morgan fingerprint density at radius 2 is 1.67 bits per heavy atom. The van der Waals surface area contributed by atoms with Gasteiger partial charge in [-0.25, -0.2) is 13.2 Å². The van der Waals surface area contributed by atoms with E-state index in [-0.39, 0.29) is 16.2 Å². The number of alkyl halides is 3. The van der Waals surface area contributed by atoms with E-state index in [1.807, 2.05) is 0 Å². The molecule has 0 fully saturated rings. The summed E-state index contributed by atoms with van der Waals surface area (Å²) in [6.07, 6.45) is -4.28. The van der Waals surface area contributed by atoms with Crippen molar-refractivity contribution in [3.63, 3.8) is 0 Å². The number of ether oxygens (including phenoxy) is 3. The zero-order chi connectivity index (χ0) is 22.7. The lowest BCUT2D eigenvalue weighted by atomic mass is 10.1. The average Bonchev–Trinajstić information content (AvgIpc) is 2.65. The van der Waals surface area contributed by atoms with E-state index in [9.17, 15) is 26.4 Å². The molecule has 1 aromatic heterocycles. The van der Waals surface area contributed by atoms with Gasteiger partial charge in [-0.1, -0.05) is 6.07 Å². The third-order valence-electron chi connectivity index (χ3n) is 3.49. The molecular weight excluding hydrogens is 435 g/mol. The number of hydroxylamine groups is 1. The van der Waals surface area contributed by atoms with Crippen molar-refractivity contribution in [1.29, 1.82) is 0 Å². The molecule has 1 aromatic carbocycles. The fourth-order valence-electron chi connectivity index (χ4n) is 2.03. The quantitative estimate of drug-likeness (QED) is 0.584. The van der Waals surface area contributed by atoms with Crippen LogP contribution in [0.25, 0.3) is 0 Å². The third-order valence-corrected chi connectivity index (χ3v) is 4.50. The fourth-order valence-corrected chi connectivity index (χ4v) is 2.23. The second-order valence-electron chi connectivity index (χ2n) is 5.57. The maximum Gasteiger partial charge on any atom is 0.417 e. The van der Waals surface area contributed by atoms with Crippen molar-refractivity contribution in [2.24, 2.45) is 0 Å². The Morgan fingerprint density at radius 1 is 1.10 bits per heavy atom. The third kappa shape index (κ3) is 5.48. The summed E-state index contributed by atoms with van der Waals surface area (Å²) in [6, 6.07) is 3.41. The minimum absolute atomic E-state index is 0.0234. The Morgan fingerprint density at radius 3 is 2.13 bits per heavy atom. The first-order chi connectivity index (χ1) is 13.9. The highest BCUT2D eigenvalue weighted by Crippen LogP contribution is 2.38. The number of carbonyl (C=O) groups is 1. The van der Waals surface area contributed by atoms with Crippen LogP contribution in [-0.4, -0.2) is 56.3 Å². The highest BCUT2D eigenvalue weighted by atomic mass is 32.2.